The van der Waals surface area contributed by atoms with Crippen LogP contribution in [0.25, 0.3) is 0 Å². The average molecular weight is 1020 g/mol. The number of unbranched alkanes of at least 4 members (excludes halogenated alkanes) is 2. The van der Waals surface area contributed by atoms with Crippen molar-refractivity contribution < 1.29 is 93.9 Å². The molecule has 0 saturated carbocycles. The van der Waals surface area contributed by atoms with Crippen molar-refractivity contribution in [2.75, 3.05) is 65.2 Å². The molecular weight excluding hydrogens is 957 g/mol. The molecule has 8 unspecified atom stereocenters. The highest BCUT2D eigenvalue weighted by Gasteiger charge is 2.53. The fraction of sp³-hybridized carbons (Fsp3) is 0.886. The first kappa shape index (κ1) is 54.0. The summed E-state index contributed by atoms with van der Waals surface area (Å²) in [6.45, 7) is 0.995. The zero-order valence-electron chi connectivity index (χ0n) is 36.1. The molecule has 6 N–H and O–H groups in total. The normalized spacial score (nSPS) is 35.5. The summed E-state index contributed by atoms with van der Waals surface area (Å²) in [6.07, 6.45) is -2.08. The average Bonchev–Trinajstić information content (AvgIpc) is 4.07. The van der Waals surface area contributed by atoms with Crippen LogP contribution < -0.4 is 10.6 Å². The second kappa shape index (κ2) is 25.7. The zero-order valence-corrected chi connectivity index (χ0v) is 39.6. The van der Waals surface area contributed by atoms with Gasteiger partial charge in [0.2, 0.25) is 0 Å². The minimum absolute atomic E-state index is 0.0794. The molecule has 1 aromatic heterocycles. The van der Waals surface area contributed by atoms with Crippen LogP contribution in [-0.4, -0.2) is 193 Å². The van der Waals surface area contributed by atoms with Crippen molar-refractivity contribution in [1.82, 2.24) is 25.6 Å². The molecule has 14 atom stereocenters. The van der Waals surface area contributed by atoms with E-state index in [-0.39, 0.29) is 36.9 Å². The van der Waals surface area contributed by atoms with Crippen molar-refractivity contribution in [1.29, 1.82) is 0 Å². The monoisotopic (exact) mass is 1020 g/mol. The van der Waals surface area contributed by atoms with Crippen molar-refractivity contribution in [2.24, 2.45) is 0 Å². The van der Waals surface area contributed by atoms with Gasteiger partial charge in [-0.15, -0.1) is 5.10 Å². The Morgan fingerprint density at radius 3 is 2.27 bits per heavy atom. The molecule has 1 aromatic rings. The fourth-order valence-electron chi connectivity index (χ4n) is 7.71. The molecule has 5 aliphatic heterocycles. The minimum atomic E-state index is -5.06. The van der Waals surface area contributed by atoms with Gasteiger partial charge in [-0.2, -0.15) is 11.8 Å². The largest absolute Gasteiger partial charge is 0.472 e. The lowest BCUT2D eigenvalue weighted by atomic mass is 9.93. The van der Waals surface area contributed by atoms with Gasteiger partial charge in [-0.25, -0.2) is 23.2 Å². The number of phosphoric acid groups is 3. The fourth-order valence-corrected chi connectivity index (χ4v) is 12.1. The Balaban J connectivity index is 0.769. The lowest BCUT2D eigenvalue weighted by Crippen LogP contribution is -2.40. The van der Waals surface area contributed by atoms with Gasteiger partial charge in [-0.3, -0.25) is 31.9 Å². The Morgan fingerprint density at radius 2 is 1.53 bits per heavy atom. The number of aromatic nitrogens is 3. The molecule has 370 valence electrons. The maximum Gasteiger partial charge on any atom is 0.472 e. The third-order valence-corrected chi connectivity index (χ3v) is 15.5. The number of ketones is 1. The summed E-state index contributed by atoms with van der Waals surface area (Å²) in [5.74, 6) is 1.18. The Bertz CT molecular complexity index is 1870. The second-order valence-electron chi connectivity index (χ2n) is 16.1. The number of aliphatic hydroxyl groups excluding tert-OH is 1. The van der Waals surface area contributed by atoms with Crippen molar-refractivity contribution >= 4 is 62.7 Å². The maximum absolute atomic E-state index is 12.9. The van der Waals surface area contributed by atoms with Crippen molar-refractivity contribution in [3.63, 3.8) is 0 Å². The number of ether oxygens (including phenoxy) is 5. The standard InChI is InChI=1S/C35H58B2N5O20P3S/c36-33-29(44)30-25(58-33)19-56-65(50,51)61-31-26(20-57-64(48,49)60-30)59-34(37)32(31)62-63(46,47)55-12-4-3-6-22-18-42(41-40-22)10-13-53-15-17-54-16-14-52-11-5-8-23(43)7-1-2-9-27-28-24(21-66-27)38-35(45)39-28/h18,24-34,44H,1-17,19-21H2,(H,46,47)(H,48,49)(H,50,51)(H2,38,39,45)/t24?,25-,26-,27?,28?,29?,30+,31?,32+,33-,34-/m1/s1. The zero-order chi connectivity index (χ0) is 47.3. The number of amides is 2. The number of carbonyl (C=O) groups excluding carboxylic acids is 2. The van der Waals surface area contributed by atoms with E-state index in [0.29, 0.717) is 89.2 Å². The molecule has 31 heteroatoms. The van der Waals surface area contributed by atoms with Gasteiger partial charge in [0, 0.05) is 48.7 Å². The van der Waals surface area contributed by atoms with Gasteiger partial charge in [0.15, 0.2) is 0 Å². The van der Waals surface area contributed by atoms with Crippen LogP contribution in [0.2, 0.25) is 0 Å². The number of nitrogens with zero attached hydrogens (tertiary/aromatic N) is 3. The minimum Gasteiger partial charge on any atom is -0.388 e. The van der Waals surface area contributed by atoms with Gasteiger partial charge in [-0.1, -0.05) is 11.6 Å². The van der Waals surface area contributed by atoms with E-state index < -0.39 is 85.3 Å². The van der Waals surface area contributed by atoms with E-state index in [1.807, 2.05) is 11.8 Å². The second-order valence-corrected chi connectivity index (χ2v) is 21.6. The first-order chi connectivity index (χ1) is 31.5. The molecule has 6 rings (SSSR count). The lowest BCUT2D eigenvalue weighted by Gasteiger charge is -2.29. The van der Waals surface area contributed by atoms with Gasteiger partial charge < -0.3 is 54.1 Å². The molecule has 0 aliphatic carbocycles. The molecule has 5 saturated heterocycles. The van der Waals surface area contributed by atoms with Gasteiger partial charge in [0.1, 0.15) is 58.1 Å². The summed E-state index contributed by atoms with van der Waals surface area (Å²) in [5, 5.41) is 24.8. The van der Waals surface area contributed by atoms with Crippen molar-refractivity contribution in [2.45, 2.75) is 130 Å². The van der Waals surface area contributed by atoms with Crippen LogP contribution in [0.1, 0.15) is 57.1 Å². The Labute approximate surface area is 388 Å². The SMILES string of the molecule is [B][C@@H]1O[C@@H]2COP(=O)(O)OC3[C@@H](COP(=O)(O)O[C@@H]2C1O)O[C@@H]([B])[C@H]3OP(=O)(O)OCCCCc1cn(CCOCCOCCOCCCC(=O)CCCCC2SCC3NC(=O)NC32)nn1. The van der Waals surface area contributed by atoms with Crippen LogP contribution in [0.4, 0.5) is 4.79 Å². The van der Waals surface area contributed by atoms with Crippen LogP contribution >= 0.6 is 35.2 Å². The molecule has 0 aromatic carbocycles. The van der Waals surface area contributed by atoms with E-state index in [0.717, 1.165) is 25.0 Å². The number of urea groups is 1. The summed E-state index contributed by atoms with van der Waals surface area (Å²) < 4.78 is 98.0. The van der Waals surface area contributed by atoms with Crippen molar-refractivity contribution in [3.05, 3.63) is 11.9 Å². The van der Waals surface area contributed by atoms with Crippen LogP contribution in [0.5, 0.6) is 0 Å². The molecule has 2 amide bonds. The number of phosphoric ester groups is 3. The lowest BCUT2D eigenvalue weighted by molar-refractivity contribution is -0.119. The van der Waals surface area contributed by atoms with Gasteiger partial charge in [0.05, 0.1) is 77.2 Å². The summed E-state index contributed by atoms with van der Waals surface area (Å²) in [7, 11) is -3.35. The smallest absolute Gasteiger partial charge is 0.388 e. The molecule has 0 bridgehead atoms. The van der Waals surface area contributed by atoms with E-state index in [9.17, 15) is 43.1 Å². The highest BCUT2D eigenvalue weighted by molar-refractivity contribution is 8.00. The van der Waals surface area contributed by atoms with Gasteiger partial charge >= 0.3 is 29.5 Å². The number of aliphatic hydroxyl groups is 1. The maximum atomic E-state index is 12.9. The third-order valence-electron chi connectivity index (χ3n) is 11.0. The topological polar surface area (TPSA) is 323 Å². The van der Waals surface area contributed by atoms with Gasteiger partial charge in [0.25, 0.3) is 0 Å². The third kappa shape index (κ3) is 16.9. The molecule has 0 spiro atoms. The molecule has 6 heterocycles. The van der Waals surface area contributed by atoms with E-state index in [2.05, 4.69) is 20.9 Å². The van der Waals surface area contributed by atoms with E-state index in [1.165, 1.54) is 0 Å². The molecule has 5 aliphatic rings. The molecule has 66 heavy (non-hydrogen) atoms. The van der Waals surface area contributed by atoms with Crippen LogP contribution in [0, 0.1) is 0 Å². The highest BCUT2D eigenvalue weighted by atomic mass is 32.2. The van der Waals surface area contributed by atoms with E-state index in [4.69, 9.17) is 66.5 Å². The summed E-state index contributed by atoms with van der Waals surface area (Å²) >= 11 is 1.89. The van der Waals surface area contributed by atoms with E-state index >= 15 is 0 Å². The number of nitrogens with one attached hydrogen (secondary N) is 2. The van der Waals surface area contributed by atoms with Gasteiger partial charge in [-0.05, 0) is 38.5 Å². The molecular formula is C35H58B2N5O20P3S. The number of hydrogen-bond donors (Lipinski definition) is 6. The summed E-state index contributed by atoms with van der Waals surface area (Å²) in [6, 6.07) is -2.63. The Morgan fingerprint density at radius 1 is 0.879 bits per heavy atom. The number of thioether (sulfide) groups is 1. The molecule has 4 radical (unpaired) electrons. The predicted octanol–water partition coefficient (Wildman–Crippen LogP) is 0.394. The quantitative estimate of drug-likeness (QED) is 0.0316. The van der Waals surface area contributed by atoms with Crippen molar-refractivity contribution in [3.8, 4) is 0 Å². The van der Waals surface area contributed by atoms with Crippen LogP contribution in [0.3, 0.4) is 0 Å². The number of hydrogen-bond acceptors (Lipinski definition) is 20. The highest BCUT2D eigenvalue weighted by Crippen LogP contribution is 2.54. The first-order valence-electron chi connectivity index (χ1n) is 21.8. The van der Waals surface area contributed by atoms with Crippen LogP contribution in [-0.2, 0) is 82.3 Å². The number of carbonyl (C=O) groups is 2. The van der Waals surface area contributed by atoms with Crippen LogP contribution in [0.15, 0.2) is 6.20 Å². The summed E-state index contributed by atoms with van der Waals surface area (Å²) in [5.41, 5.74) is 0.669. The predicted molar refractivity (Wildman–Crippen MR) is 230 cm³/mol. The number of aryl methyl sites for hydroxylation is 1. The first-order valence-corrected chi connectivity index (χ1v) is 27.3. The van der Waals surface area contributed by atoms with E-state index in [1.54, 1.807) is 10.9 Å². The number of rotatable bonds is 26. The summed E-state index contributed by atoms with van der Waals surface area (Å²) in [4.78, 5) is 55.0. The number of Topliss-reactive ketones (excluding diaryl/α,β-unsaturated/α-hetero) is 1. The Kier molecular flexibility index (Phi) is 21.0. The molecule has 5 fully saturated rings. The molecule has 25 nitrogen and oxygen atoms in total. The Hall–Kier alpha value is -1.35. The number of fused-ring (bicyclic) bond motifs is 3.